The molecule has 0 saturated carbocycles. The Balaban J connectivity index is 1.91. The van der Waals surface area contributed by atoms with Crippen LogP contribution in [0.3, 0.4) is 0 Å². The maximum Gasteiger partial charge on any atom is 0.243 e. The van der Waals surface area contributed by atoms with Gasteiger partial charge in [0, 0.05) is 19.0 Å². The molecule has 0 aromatic heterocycles. The Labute approximate surface area is 143 Å². The molecule has 1 saturated heterocycles. The average Bonchev–Trinajstić information content (AvgIpc) is 2.55. The van der Waals surface area contributed by atoms with Crippen LogP contribution in [-0.4, -0.2) is 32.0 Å². The summed E-state index contributed by atoms with van der Waals surface area (Å²) in [6, 6.07) is 14.5. The van der Waals surface area contributed by atoms with Gasteiger partial charge in [-0.05, 0) is 43.5 Å². The van der Waals surface area contributed by atoms with E-state index < -0.39 is 16.2 Å². The Kier molecular flexibility index (Phi) is 4.74. The molecule has 0 amide bonds. The van der Waals surface area contributed by atoms with Gasteiger partial charge in [0.15, 0.2) is 0 Å². The van der Waals surface area contributed by atoms with E-state index in [0.717, 1.165) is 16.7 Å². The zero-order valence-electron chi connectivity index (χ0n) is 13.9. The number of aryl methyl sites for hydroxylation is 2. The fourth-order valence-electron chi connectivity index (χ4n) is 3.32. The molecule has 2 atom stereocenters. The number of hydrogen-bond donors (Lipinski definition) is 0. The second-order valence-electron chi connectivity index (χ2n) is 6.52. The third-order valence-corrected chi connectivity index (χ3v) is 6.50. The van der Waals surface area contributed by atoms with Gasteiger partial charge in [-0.3, -0.25) is 0 Å². The lowest BCUT2D eigenvalue weighted by Crippen LogP contribution is -2.44. The predicted octanol–water partition coefficient (Wildman–Crippen LogP) is 3.82. The van der Waals surface area contributed by atoms with Crippen LogP contribution in [0.2, 0.25) is 0 Å². The lowest BCUT2D eigenvalue weighted by molar-refractivity contribution is 0.183. The quantitative estimate of drug-likeness (QED) is 0.846. The molecule has 3 nitrogen and oxygen atoms in total. The molecule has 128 valence electrons. The topological polar surface area (TPSA) is 37.4 Å². The van der Waals surface area contributed by atoms with Crippen molar-refractivity contribution in [2.45, 2.75) is 37.3 Å². The van der Waals surface area contributed by atoms with Crippen LogP contribution in [0.15, 0.2) is 53.4 Å². The van der Waals surface area contributed by atoms with Crippen molar-refractivity contribution in [3.63, 3.8) is 0 Å². The summed E-state index contributed by atoms with van der Waals surface area (Å²) < 4.78 is 41.3. The number of sulfonamides is 1. The largest absolute Gasteiger partial charge is 0.246 e. The highest BCUT2D eigenvalue weighted by atomic mass is 32.2. The summed E-state index contributed by atoms with van der Waals surface area (Å²) in [5.41, 5.74) is 3.10. The first kappa shape index (κ1) is 17.1. The third kappa shape index (κ3) is 3.37. The summed E-state index contributed by atoms with van der Waals surface area (Å²) in [5.74, 6) is -0.116. The van der Waals surface area contributed by atoms with Crippen molar-refractivity contribution < 1.29 is 12.8 Å². The molecule has 1 fully saturated rings. The molecular weight excluding hydrogens is 325 g/mol. The molecule has 0 bridgehead atoms. The Hall–Kier alpha value is -1.72. The molecule has 0 N–H and O–H groups in total. The van der Waals surface area contributed by atoms with Gasteiger partial charge in [0.05, 0.1) is 4.90 Å². The minimum atomic E-state index is -3.67. The summed E-state index contributed by atoms with van der Waals surface area (Å²) in [4.78, 5) is 0.228. The SMILES string of the molecule is Cc1ccc(S(=O)(=O)N2C[C@H](F)C[C@H](c3ccccc3C)C2)cc1. The van der Waals surface area contributed by atoms with E-state index in [1.165, 1.54) is 4.31 Å². The van der Waals surface area contributed by atoms with Crippen LogP contribution >= 0.6 is 0 Å². The number of alkyl halides is 1. The predicted molar refractivity (Wildman–Crippen MR) is 93.4 cm³/mol. The number of nitrogens with zero attached hydrogens (tertiary/aromatic N) is 1. The summed E-state index contributed by atoms with van der Waals surface area (Å²) in [7, 11) is -3.67. The van der Waals surface area contributed by atoms with E-state index in [1.54, 1.807) is 24.3 Å². The van der Waals surface area contributed by atoms with Gasteiger partial charge in [-0.25, -0.2) is 12.8 Å². The van der Waals surface area contributed by atoms with Crippen molar-refractivity contribution in [3.8, 4) is 0 Å². The zero-order chi connectivity index (χ0) is 17.3. The summed E-state index contributed by atoms with van der Waals surface area (Å²) in [6.45, 7) is 4.14. The highest BCUT2D eigenvalue weighted by molar-refractivity contribution is 7.89. The van der Waals surface area contributed by atoms with E-state index in [0.29, 0.717) is 13.0 Å². The highest BCUT2D eigenvalue weighted by Crippen LogP contribution is 2.33. The Morgan fingerprint density at radius 2 is 1.67 bits per heavy atom. The monoisotopic (exact) mass is 347 g/mol. The minimum absolute atomic E-state index is 0.0708. The maximum atomic E-state index is 14.3. The number of piperidine rings is 1. The number of hydrogen-bond acceptors (Lipinski definition) is 2. The molecule has 1 aliphatic rings. The number of halogens is 1. The summed E-state index contributed by atoms with van der Waals surface area (Å²) >= 11 is 0. The van der Waals surface area contributed by atoms with Crippen LogP contribution in [0, 0.1) is 13.8 Å². The molecule has 0 spiro atoms. The van der Waals surface area contributed by atoms with Crippen molar-refractivity contribution in [2.24, 2.45) is 0 Å². The van der Waals surface area contributed by atoms with Crippen LogP contribution in [0.4, 0.5) is 4.39 Å². The minimum Gasteiger partial charge on any atom is -0.246 e. The normalized spacial score (nSPS) is 22.5. The first-order valence-corrected chi connectivity index (χ1v) is 9.58. The van der Waals surface area contributed by atoms with Crippen molar-refractivity contribution in [3.05, 3.63) is 65.2 Å². The Morgan fingerprint density at radius 3 is 2.33 bits per heavy atom. The molecule has 1 aliphatic heterocycles. The molecule has 0 unspecified atom stereocenters. The Bertz CT molecular complexity index is 818. The Morgan fingerprint density at radius 1 is 1.00 bits per heavy atom. The van der Waals surface area contributed by atoms with Crippen LogP contribution < -0.4 is 0 Å². The van der Waals surface area contributed by atoms with E-state index >= 15 is 0 Å². The molecule has 0 radical (unpaired) electrons. The van der Waals surface area contributed by atoms with E-state index in [4.69, 9.17) is 0 Å². The van der Waals surface area contributed by atoms with Crippen LogP contribution in [-0.2, 0) is 10.0 Å². The van der Waals surface area contributed by atoms with Crippen molar-refractivity contribution in [2.75, 3.05) is 13.1 Å². The second-order valence-corrected chi connectivity index (χ2v) is 8.46. The number of benzene rings is 2. The zero-order valence-corrected chi connectivity index (χ0v) is 14.8. The van der Waals surface area contributed by atoms with E-state index in [2.05, 4.69) is 0 Å². The number of rotatable bonds is 3. The van der Waals surface area contributed by atoms with E-state index in [1.807, 2.05) is 38.1 Å². The van der Waals surface area contributed by atoms with Crippen molar-refractivity contribution in [1.29, 1.82) is 0 Å². The molecule has 24 heavy (non-hydrogen) atoms. The first-order chi connectivity index (χ1) is 11.4. The molecule has 2 aromatic carbocycles. The molecule has 1 heterocycles. The van der Waals surface area contributed by atoms with Crippen LogP contribution in [0.5, 0.6) is 0 Å². The van der Waals surface area contributed by atoms with Crippen molar-refractivity contribution >= 4 is 10.0 Å². The van der Waals surface area contributed by atoms with Gasteiger partial charge in [-0.15, -0.1) is 0 Å². The van der Waals surface area contributed by atoms with Gasteiger partial charge in [0.1, 0.15) is 6.17 Å². The average molecular weight is 347 g/mol. The molecule has 3 rings (SSSR count). The smallest absolute Gasteiger partial charge is 0.243 e. The van der Waals surface area contributed by atoms with Crippen LogP contribution in [0.1, 0.15) is 29.0 Å². The fourth-order valence-corrected chi connectivity index (χ4v) is 4.84. The second kappa shape index (κ2) is 6.65. The van der Waals surface area contributed by atoms with Crippen LogP contribution in [0.25, 0.3) is 0 Å². The molecule has 0 aliphatic carbocycles. The van der Waals surface area contributed by atoms with Gasteiger partial charge in [0.2, 0.25) is 10.0 Å². The first-order valence-electron chi connectivity index (χ1n) is 8.14. The standard InChI is InChI=1S/C19H22FNO2S/c1-14-7-9-18(10-8-14)24(22,23)21-12-16(11-17(20)13-21)19-6-4-3-5-15(19)2/h3-10,16-17H,11-13H2,1-2H3/t16-,17+/m0/s1. The third-order valence-electron chi connectivity index (χ3n) is 4.65. The van der Waals surface area contributed by atoms with Gasteiger partial charge < -0.3 is 0 Å². The van der Waals surface area contributed by atoms with E-state index in [9.17, 15) is 12.8 Å². The van der Waals surface area contributed by atoms with E-state index in [-0.39, 0.29) is 17.4 Å². The summed E-state index contributed by atoms with van der Waals surface area (Å²) in [6.07, 6.45) is -0.784. The summed E-state index contributed by atoms with van der Waals surface area (Å²) in [5, 5.41) is 0. The molecular formula is C19H22FNO2S. The van der Waals surface area contributed by atoms with Gasteiger partial charge in [-0.2, -0.15) is 4.31 Å². The lowest BCUT2D eigenvalue weighted by Gasteiger charge is -2.34. The lowest BCUT2D eigenvalue weighted by atomic mass is 9.88. The molecule has 2 aromatic rings. The maximum absolute atomic E-state index is 14.3. The fraction of sp³-hybridized carbons (Fsp3) is 0.368. The molecule has 5 heteroatoms. The van der Waals surface area contributed by atoms with Crippen molar-refractivity contribution in [1.82, 2.24) is 4.31 Å². The highest BCUT2D eigenvalue weighted by Gasteiger charge is 2.35. The van der Waals surface area contributed by atoms with Gasteiger partial charge in [-0.1, -0.05) is 42.0 Å². The van der Waals surface area contributed by atoms with Gasteiger partial charge in [0.25, 0.3) is 0 Å². The van der Waals surface area contributed by atoms with Gasteiger partial charge >= 0.3 is 0 Å².